The zero-order chi connectivity index (χ0) is 17.1. The Labute approximate surface area is 154 Å². The predicted molar refractivity (Wildman–Crippen MR) is 102 cm³/mol. The summed E-state index contributed by atoms with van der Waals surface area (Å²) in [5.74, 6) is 1.93. The van der Waals surface area contributed by atoms with Gasteiger partial charge >= 0.3 is 0 Å². The van der Waals surface area contributed by atoms with Crippen LogP contribution in [0.15, 0.2) is 24.3 Å². The van der Waals surface area contributed by atoms with Crippen molar-refractivity contribution in [3.63, 3.8) is 0 Å². The second-order valence-electron chi connectivity index (χ2n) is 6.74. The number of nitrogens with zero attached hydrogens (tertiary/aromatic N) is 3. The van der Waals surface area contributed by atoms with E-state index in [1.165, 1.54) is 19.3 Å². The number of hydrogen-bond donors (Lipinski definition) is 2. The molecule has 1 aliphatic heterocycles. The Hall–Kier alpha value is -1.92. The van der Waals surface area contributed by atoms with Gasteiger partial charge < -0.3 is 15.6 Å². The molecule has 1 aromatic heterocycles. The van der Waals surface area contributed by atoms with Crippen molar-refractivity contribution in [2.75, 3.05) is 5.32 Å². The molecule has 1 unspecified atom stereocenters. The van der Waals surface area contributed by atoms with Crippen LogP contribution in [0.2, 0.25) is 0 Å². The molecule has 0 saturated heterocycles. The van der Waals surface area contributed by atoms with Crippen LogP contribution in [0.4, 0.5) is 5.69 Å². The molecule has 1 aliphatic rings. The van der Waals surface area contributed by atoms with Crippen LogP contribution in [0.3, 0.4) is 0 Å². The fourth-order valence-electron chi connectivity index (χ4n) is 2.93. The molecule has 0 spiro atoms. The van der Waals surface area contributed by atoms with Crippen molar-refractivity contribution in [3.8, 4) is 11.4 Å². The van der Waals surface area contributed by atoms with Gasteiger partial charge in [0.15, 0.2) is 5.82 Å². The summed E-state index contributed by atoms with van der Waals surface area (Å²) in [6.07, 6.45) is 4.58. The zero-order valence-electron chi connectivity index (χ0n) is 14.7. The highest BCUT2D eigenvalue weighted by atomic mass is 35.5. The van der Waals surface area contributed by atoms with Crippen LogP contribution in [0, 0.1) is 5.92 Å². The largest absolute Gasteiger partial charge is 0.325 e. The molecule has 0 radical (unpaired) electrons. The van der Waals surface area contributed by atoms with E-state index in [2.05, 4.69) is 20.1 Å². The van der Waals surface area contributed by atoms with Gasteiger partial charge in [-0.1, -0.05) is 20.3 Å². The Morgan fingerprint density at radius 1 is 1.16 bits per heavy atom. The first-order valence-electron chi connectivity index (χ1n) is 8.65. The average molecular weight is 364 g/mol. The summed E-state index contributed by atoms with van der Waals surface area (Å²) in [7, 11) is 0. The van der Waals surface area contributed by atoms with E-state index in [0.29, 0.717) is 0 Å². The molecular formula is C18H26ClN5O. The van der Waals surface area contributed by atoms with Gasteiger partial charge in [0.05, 0.1) is 6.04 Å². The van der Waals surface area contributed by atoms with E-state index in [-0.39, 0.29) is 24.2 Å². The van der Waals surface area contributed by atoms with Gasteiger partial charge in [-0.05, 0) is 43.0 Å². The number of carbonyl (C=O) groups is 1. The van der Waals surface area contributed by atoms with Gasteiger partial charge in [-0.25, -0.2) is 0 Å². The van der Waals surface area contributed by atoms with Crippen LogP contribution >= 0.6 is 12.4 Å². The van der Waals surface area contributed by atoms with E-state index in [4.69, 9.17) is 5.73 Å². The highest BCUT2D eigenvalue weighted by molar-refractivity contribution is 5.95. The van der Waals surface area contributed by atoms with Gasteiger partial charge in [-0.2, -0.15) is 0 Å². The lowest BCUT2D eigenvalue weighted by molar-refractivity contribution is -0.118. The second-order valence-corrected chi connectivity index (χ2v) is 6.74. The van der Waals surface area contributed by atoms with E-state index in [9.17, 15) is 4.79 Å². The first kappa shape index (κ1) is 19.4. The Kier molecular flexibility index (Phi) is 6.56. The summed E-state index contributed by atoms with van der Waals surface area (Å²) in [6, 6.07) is 7.21. The molecule has 0 saturated carbocycles. The van der Waals surface area contributed by atoms with Gasteiger partial charge in [0.25, 0.3) is 0 Å². The van der Waals surface area contributed by atoms with E-state index in [0.717, 1.165) is 35.9 Å². The van der Waals surface area contributed by atoms with Crippen LogP contribution in [0.1, 0.15) is 38.9 Å². The summed E-state index contributed by atoms with van der Waals surface area (Å²) < 4.78 is 2.22. The number of hydrogen-bond acceptors (Lipinski definition) is 4. The van der Waals surface area contributed by atoms with Gasteiger partial charge in [0.1, 0.15) is 5.82 Å². The SMILES string of the molecule is CC(C)C(N)C(=O)Nc1ccc(-c2nnc3n2CCCCC3)cc1.Cl. The van der Waals surface area contributed by atoms with Gasteiger partial charge in [0, 0.05) is 24.2 Å². The standard InChI is InChI=1S/C18H25N5O.ClH/c1-12(2)16(19)18(24)20-14-9-7-13(8-10-14)17-22-21-15-6-4-3-5-11-23(15)17;/h7-10,12,16H,3-6,11,19H2,1-2H3,(H,20,24);1H. The molecule has 0 aliphatic carbocycles. The normalized spacial score (nSPS) is 15.0. The van der Waals surface area contributed by atoms with Crippen LogP contribution in [0.5, 0.6) is 0 Å². The number of nitrogens with two attached hydrogens (primary N) is 1. The number of amides is 1. The molecule has 2 aromatic rings. The number of benzene rings is 1. The van der Waals surface area contributed by atoms with Crippen molar-refractivity contribution in [1.29, 1.82) is 0 Å². The smallest absolute Gasteiger partial charge is 0.241 e. The van der Waals surface area contributed by atoms with Gasteiger partial charge in [-0.3, -0.25) is 4.79 Å². The van der Waals surface area contributed by atoms with E-state index in [1.54, 1.807) is 0 Å². The quantitative estimate of drug-likeness (QED) is 0.874. The van der Waals surface area contributed by atoms with Crippen molar-refractivity contribution >= 4 is 24.0 Å². The first-order chi connectivity index (χ1) is 11.6. The molecule has 25 heavy (non-hydrogen) atoms. The minimum atomic E-state index is -0.503. The van der Waals surface area contributed by atoms with Crippen molar-refractivity contribution in [3.05, 3.63) is 30.1 Å². The lowest BCUT2D eigenvalue weighted by Crippen LogP contribution is -2.39. The fourth-order valence-corrected chi connectivity index (χ4v) is 2.93. The maximum absolute atomic E-state index is 12.0. The summed E-state index contributed by atoms with van der Waals surface area (Å²) in [4.78, 5) is 12.0. The van der Waals surface area contributed by atoms with Crippen molar-refractivity contribution < 1.29 is 4.79 Å². The number of halogens is 1. The lowest BCUT2D eigenvalue weighted by Gasteiger charge is -2.15. The Morgan fingerprint density at radius 3 is 2.56 bits per heavy atom. The predicted octanol–water partition coefficient (Wildman–Crippen LogP) is 3.02. The molecule has 1 amide bonds. The van der Waals surface area contributed by atoms with Gasteiger partial charge in [0.2, 0.25) is 5.91 Å². The molecule has 3 rings (SSSR count). The third kappa shape index (κ3) is 4.38. The third-order valence-corrected chi connectivity index (χ3v) is 4.54. The molecule has 6 nitrogen and oxygen atoms in total. The topological polar surface area (TPSA) is 85.8 Å². The maximum Gasteiger partial charge on any atom is 0.241 e. The number of aromatic nitrogens is 3. The average Bonchev–Trinajstić information content (AvgIpc) is 2.83. The molecule has 1 atom stereocenters. The molecular weight excluding hydrogens is 338 g/mol. The maximum atomic E-state index is 12.0. The minimum absolute atomic E-state index is 0. The monoisotopic (exact) mass is 363 g/mol. The number of aryl methyl sites for hydroxylation is 1. The molecule has 7 heteroatoms. The number of nitrogens with one attached hydrogen (secondary N) is 1. The molecule has 0 bridgehead atoms. The summed E-state index contributed by atoms with van der Waals surface area (Å²) >= 11 is 0. The number of carbonyl (C=O) groups excluding carboxylic acids is 1. The molecule has 3 N–H and O–H groups in total. The molecule has 0 fully saturated rings. The Bertz CT molecular complexity index is 711. The van der Waals surface area contributed by atoms with Crippen molar-refractivity contribution in [1.82, 2.24) is 14.8 Å². The van der Waals surface area contributed by atoms with Crippen LogP contribution in [-0.4, -0.2) is 26.7 Å². The Balaban J connectivity index is 0.00000225. The number of rotatable bonds is 4. The Morgan fingerprint density at radius 2 is 1.88 bits per heavy atom. The highest BCUT2D eigenvalue weighted by Crippen LogP contribution is 2.24. The number of fused-ring (bicyclic) bond motifs is 1. The van der Waals surface area contributed by atoms with Crippen LogP contribution in [-0.2, 0) is 17.8 Å². The molecule has 136 valence electrons. The summed E-state index contributed by atoms with van der Waals surface area (Å²) in [6.45, 7) is 4.84. The van der Waals surface area contributed by atoms with E-state index in [1.807, 2.05) is 38.1 Å². The lowest BCUT2D eigenvalue weighted by atomic mass is 10.0. The van der Waals surface area contributed by atoms with Crippen molar-refractivity contribution in [2.24, 2.45) is 11.7 Å². The number of anilines is 1. The van der Waals surface area contributed by atoms with Crippen LogP contribution < -0.4 is 11.1 Å². The second kappa shape index (κ2) is 8.45. The van der Waals surface area contributed by atoms with E-state index >= 15 is 0 Å². The summed E-state index contributed by atoms with van der Waals surface area (Å²) in [5.41, 5.74) is 7.63. The van der Waals surface area contributed by atoms with E-state index < -0.39 is 6.04 Å². The molecule has 1 aromatic carbocycles. The van der Waals surface area contributed by atoms with Crippen LogP contribution in [0.25, 0.3) is 11.4 Å². The first-order valence-corrected chi connectivity index (χ1v) is 8.65. The summed E-state index contributed by atoms with van der Waals surface area (Å²) in [5, 5.41) is 11.6. The zero-order valence-corrected chi connectivity index (χ0v) is 15.6. The highest BCUT2D eigenvalue weighted by Gasteiger charge is 2.18. The fraction of sp³-hybridized carbons (Fsp3) is 0.500. The minimum Gasteiger partial charge on any atom is -0.325 e. The van der Waals surface area contributed by atoms with Crippen molar-refractivity contribution in [2.45, 2.75) is 52.1 Å². The van der Waals surface area contributed by atoms with Gasteiger partial charge in [-0.15, -0.1) is 22.6 Å². The molecule has 2 heterocycles. The third-order valence-electron chi connectivity index (χ3n) is 4.54.